The SMILES string of the molecule is Cc1cc(C)c2c(=O)c3cccc(-c4ccco4)c3[nH]c2c1. The number of aromatic nitrogens is 1. The fourth-order valence-electron chi connectivity index (χ4n) is 3.15. The lowest BCUT2D eigenvalue weighted by Crippen LogP contribution is -2.06. The number of rotatable bonds is 1. The smallest absolute Gasteiger partial charge is 0.197 e. The Morgan fingerprint density at radius 3 is 2.68 bits per heavy atom. The van der Waals surface area contributed by atoms with Crippen molar-refractivity contribution in [1.82, 2.24) is 4.98 Å². The number of pyridine rings is 1. The lowest BCUT2D eigenvalue weighted by atomic mass is 10.0. The Kier molecular flexibility index (Phi) is 2.70. The largest absolute Gasteiger partial charge is 0.464 e. The number of benzene rings is 2. The third-order valence-electron chi connectivity index (χ3n) is 4.06. The topological polar surface area (TPSA) is 46.0 Å². The molecule has 0 aliphatic carbocycles. The average molecular weight is 289 g/mol. The number of hydrogen-bond acceptors (Lipinski definition) is 2. The van der Waals surface area contributed by atoms with Crippen LogP contribution < -0.4 is 5.43 Å². The lowest BCUT2D eigenvalue weighted by Gasteiger charge is -2.09. The van der Waals surface area contributed by atoms with Crippen molar-refractivity contribution in [3.63, 3.8) is 0 Å². The summed E-state index contributed by atoms with van der Waals surface area (Å²) in [6.07, 6.45) is 1.64. The third kappa shape index (κ3) is 1.79. The number of furan rings is 1. The minimum Gasteiger partial charge on any atom is -0.464 e. The maximum Gasteiger partial charge on any atom is 0.197 e. The Morgan fingerprint density at radius 2 is 1.91 bits per heavy atom. The standard InChI is InChI=1S/C19H15NO2/c1-11-9-12(2)17-15(10-11)20-18-13(16-7-4-8-22-16)5-3-6-14(18)19(17)21/h3-10H,1-2H3,(H,20,21). The number of H-pyrrole nitrogens is 1. The third-order valence-corrected chi connectivity index (χ3v) is 4.06. The van der Waals surface area contributed by atoms with Crippen molar-refractivity contribution in [3.8, 4) is 11.3 Å². The molecular weight excluding hydrogens is 274 g/mol. The van der Waals surface area contributed by atoms with E-state index in [1.807, 2.05) is 56.3 Å². The Morgan fingerprint density at radius 1 is 1.05 bits per heavy atom. The molecule has 0 saturated carbocycles. The van der Waals surface area contributed by atoms with E-state index in [4.69, 9.17) is 4.42 Å². The van der Waals surface area contributed by atoms with Gasteiger partial charge in [-0.3, -0.25) is 4.79 Å². The van der Waals surface area contributed by atoms with Crippen LogP contribution in [0, 0.1) is 13.8 Å². The van der Waals surface area contributed by atoms with Gasteiger partial charge in [0.1, 0.15) is 5.76 Å². The van der Waals surface area contributed by atoms with E-state index in [0.29, 0.717) is 5.39 Å². The predicted octanol–water partition coefficient (Wildman–Crippen LogP) is 4.56. The molecule has 108 valence electrons. The van der Waals surface area contributed by atoms with Crippen molar-refractivity contribution in [2.75, 3.05) is 0 Å². The first-order chi connectivity index (χ1) is 10.6. The normalized spacial score (nSPS) is 11.4. The number of aryl methyl sites for hydroxylation is 2. The van der Waals surface area contributed by atoms with E-state index >= 15 is 0 Å². The van der Waals surface area contributed by atoms with Gasteiger partial charge in [0.2, 0.25) is 0 Å². The molecule has 2 heterocycles. The Balaban J connectivity index is 2.22. The molecule has 0 bridgehead atoms. The van der Waals surface area contributed by atoms with Gasteiger partial charge in [-0.15, -0.1) is 0 Å². The molecule has 1 N–H and O–H groups in total. The van der Waals surface area contributed by atoms with E-state index in [9.17, 15) is 4.79 Å². The summed E-state index contributed by atoms with van der Waals surface area (Å²) >= 11 is 0. The van der Waals surface area contributed by atoms with Crippen LogP contribution in [0.2, 0.25) is 0 Å². The summed E-state index contributed by atoms with van der Waals surface area (Å²) in [5.41, 5.74) is 4.79. The van der Waals surface area contributed by atoms with Gasteiger partial charge in [0.05, 0.1) is 17.3 Å². The van der Waals surface area contributed by atoms with Gasteiger partial charge in [0.15, 0.2) is 5.43 Å². The summed E-state index contributed by atoms with van der Waals surface area (Å²) in [5, 5.41) is 1.45. The van der Waals surface area contributed by atoms with Gasteiger partial charge in [-0.05, 0) is 55.3 Å². The maximum atomic E-state index is 12.9. The van der Waals surface area contributed by atoms with Gasteiger partial charge in [0.25, 0.3) is 0 Å². The molecule has 22 heavy (non-hydrogen) atoms. The number of fused-ring (bicyclic) bond motifs is 2. The maximum absolute atomic E-state index is 12.9. The number of hydrogen-bond donors (Lipinski definition) is 1. The molecule has 0 aliphatic rings. The van der Waals surface area contributed by atoms with Crippen LogP contribution in [0.3, 0.4) is 0 Å². The molecule has 0 amide bonds. The van der Waals surface area contributed by atoms with Crippen molar-refractivity contribution >= 4 is 21.8 Å². The first kappa shape index (κ1) is 12.9. The van der Waals surface area contributed by atoms with Crippen LogP contribution in [0.15, 0.2) is 57.9 Å². The first-order valence-corrected chi connectivity index (χ1v) is 7.25. The molecule has 3 heteroatoms. The Labute approximate surface area is 127 Å². The highest BCUT2D eigenvalue weighted by Crippen LogP contribution is 2.28. The summed E-state index contributed by atoms with van der Waals surface area (Å²) in [7, 11) is 0. The number of nitrogens with one attached hydrogen (secondary N) is 1. The summed E-state index contributed by atoms with van der Waals surface area (Å²) in [5.74, 6) is 0.755. The van der Waals surface area contributed by atoms with Crippen molar-refractivity contribution in [2.24, 2.45) is 0 Å². The quantitative estimate of drug-likeness (QED) is 0.522. The highest BCUT2D eigenvalue weighted by molar-refractivity contribution is 6.00. The van der Waals surface area contributed by atoms with Crippen LogP contribution in [-0.4, -0.2) is 4.98 Å². The summed E-state index contributed by atoms with van der Waals surface area (Å²) in [6, 6.07) is 13.5. The van der Waals surface area contributed by atoms with Gasteiger partial charge >= 0.3 is 0 Å². The van der Waals surface area contributed by atoms with E-state index in [2.05, 4.69) is 4.98 Å². The van der Waals surface area contributed by atoms with Crippen molar-refractivity contribution in [1.29, 1.82) is 0 Å². The van der Waals surface area contributed by atoms with E-state index in [1.165, 1.54) is 0 Å². The molecular formula is C19H15NO2. The summed E-state index contributed by atoms with van der Waals surface area (Å²) in [4.78, 5) is 16.3. The van der Waals surface area contributed by atoms with Crippen LogP contribution in [0.1, 0.15) is 11.1 Å². The van der Waals surface area contributed by atoms with Crippen molar-refractivity contribution in [3.05, 3.63) is 70.1 Å². The molecule has 2 aromatic carbocycles. The van der Waals surface area contributed by atoms with Gasteiger partial charge in [-0.25, -0.2) is 0 Å². The van der Waals surface area contributed by atoms with Crippen LogP contribution in [0.4, 0.5) is 0 Å². The number of para-hydroxylation sites is 1. The van der Waals surface area contributed by atoms with Crippen LogP contribution in [0.25, 0.3) is 33.1 Å². The molecule has 0 saturated heterocycles. The van der Waals surface area contributed by atoms with E-state index in [1.54, 1.807) is 6.26 Å². The molecule has 0 radical (unpaired) electrons. The van der Waals surface area contributed by atoms with Gasteiger partial charge in [0, 0.05) is 16.3 Å². The fourth-order valence-corrected chi connectivity index (χ4v) is 3.15. The lowest BCUT2D eigenvalue weighted by molar-refractivity contribution is 0.583. The molecule has 4 rings (SSSR count). The zero-order chi connectivity index (χ0) is 15.3. The zero-order valence-electron chi connectivity index (χ0n) is 12.4. The molecule has 0 fully saturated rings. The molecule has 0 spiro atoms. The first-order valence-electron chi connectivity index (χ1n) is 7.25. The molecule has 3 nitrogen and oxygen atoms in total. The highest BCUT2D eigenvalue weighted by atomic mass is 16.3. The molecule has 0 aliphatic heterocycles. The fraction of sp³-hybridized carbons (Fsp3) is 0.105. The minimum atomic E-state index is 0.0645. The van der Waals surface area contributed by atoms with Crippen LogP contribution >= 0.6 is 0 Å². The highest BCUT2D eigenvalue weighted by Gasteiger charge is 2.12. The molecule has 0 unspecified atom stereocenters. The van der Waals surface area contributed by atoms with Crippen molar-refractivity contribution in [2.45, 2.75) is 13.8 Å². The average Bonchev–Trinajstić information content (AvgIpc) is 3.00. The predicted molar refractivity (Wildman–Crippen MR) is 89.3 cm³/mol. The van der Waals surface area contributed by atoms with Gasteiger partial charge in [-0.1, -0.05) is 12.1 Å². The Hall–Kier alpha value is -2.81. The van der Waals surface area contributed by atoms with Crippen LogP contribution in [-0.2, 0) is 0 Å². The van der Waals surface area contributed by atoms with E-state index in [-0.39, 0.29) is 5.43 Å². The van der Waals surface area contributed by atoms with E-state index in [0.717, 1.165) is 38.9 Å². The second-order valence-electron chi connectivity index (χ2n) is 5.66. The van der Waals surface area contributed by atoms with E-state index < -0.39 is 0 Å². The van der Waals surface area contributed by atoms with Gasteiger partial charge in [-0.2, -0.15) is 0 Å². The second kappa shape index (κ2) is 4.60. The summed E-state index contributed by atoms with van der Waals surface area (Å²) in [6.45, 7) is 4.01. The second-order valence-corrected chi connectivity index (χ2v) is 5.66. The molecule has 2 aromatic heterocycles. The van der Waals surface area contributed by atoms with Crippen molar-refractivity contribution < 1.29 is 4.42 Å². The minimum absolute atomic E-state index is 0.0645. The molecule has 4 aromatic rings. The monoisotopic (exact) mass is 289 g/mol. The van der Waals surface area contributed by atoms with Gasteiger partial charge < -0.3 is 9.40 Å². The number of aromatic amines is 1. The van der Waals surface area contributed by atoms with Crippen LogP contribution in [0.5, 0.6) is 0 Å². The zero-order valence-corrected chi connectivity index (χ0v) is 12.4. The Bertz CT molecular complexity index is 1060. The molecule has 0 atom stereocenters. The summed E-state index contributed by atoms with van der Waals surface area (Å²) < 4.78 is 5.51.